The molecule has 0 aliphatic carbocycles. The van der Waals surface area contributed by atoms with Crippen LogP contribution in [0.3, 0.4) is 0 Å². The van der Waals surface area contributed by atoms with Crippen molar-refractivity contribution in [3.8, 4) is 0 Å². The van der Waals surface area contributed by atoms with Crippen LogP contribution in [0.5, 0.6) is 0 Å². The van der Waals surface area contributed by atoms with Crippen LogP contribution >= 0.6 is 0 Å². The Kier molecular flexibility index (Phi) is 3.33. The Hall–Kier alpha value is -1.17. The van der Waals surface area contributed by atoms with Gasteiger partial charge in [-0.3, -0.25) is 0 Å². The number of nitrogens with zero attached hydrogens (tertiary/aromatic N) is 3. The number of hydrogen-bond acceptors (Lipinski definition) is 5. The first-order chi connectivity index (χ1) is 7.97. The van der Waals surface area contributed by atoms with Crippen molar-refractivity contribution in [3.63, 3.8) is 0 Å². The molecule has 1 aromatic rings. The average Bonchev–Trinajstić information content (AvgIpc) is 2.28. The van der Waals surface area contributed by atoms with Gasteiger partial charge < -0.3 is 4.90 Å². The number of aryl methyl sites for hydroxylation is 1. The highest BCUT2D eigenvalue weighted by Crippen LogP contribution is 2.20. The average molecular weight is 255 g/mol. The molecule has 1 aliphatic rings. The summed E-state index contributed by atoms with van der Waals surface area (Å²) in [6.45, 7) is 3.34. The summed E-state index contributed by atoms with van der Waals surface area (Å²) >= 11 is 0. The number of sulfone groups is 1. The first-order valence-electron chi connectivity index (χ1n) is 5.70. The van der Waals surface area contributed by atoms with Crippen molar-refractivity contribution < 1.29 is 8.42 Å². The Morgan fingerprint density at radius 2 is 2.00 bits per heavy atom. The van der Waals surface area contributed by atoms with Crippen LogP contribution in [-0.2, 0) is 9.84 Å². The first-order valence-corrected chi connectivity index (χ1v) is 7.66. The van der Waals surface area contributed by atoms with Crippen LogP contribution in [0.1, 0.15) is 18.5 Å². The highest BCUT2D eigenvalue weighted by atomic mass is 32.2. The molecule has 0 unspecified atom stereocenters. The second kappa shape index (κ2) is 4.60. The molecule has 0 atom stereocenters. The molecule has 0 amide bonds. The van der Waals surface area contributed by atoms with Crippen molar-refractivity contribution in [1.82, 2.24) is 9.97 Å². The third-order valence-corrected chi connectivity index (χ3v) is 4.79. The molecule has 1 saturated heterocycles. The van der Waals surface area contributed by atoms with E-state index in [0.717, 1.165) is 5.69 Å². The van der Waals surface area contributed by atoms with E-state index in [0.29, 0.717) is 31.9 Å². The molecule has 0 bridgehead atoms. The van der Waals surface area contributed by atoms with Gasteiger partial charge in [-0.15, -0.1) is 0 Å². The fraction of sp³-hybridized carbons (Fsp3) is 0.636. The number of aromatic nitrogens is 2. The van der Waals surface area contributed by atoms with Crippen molar-refractivity contribution in [2.24, 2.45) is 0 Å². The Balaban J connectivity index is 2.05. The molecule has 17 heavy (non-hydrogen) atoms. The van der Waals surface area contributed by atoms with Crippen molar-refractivity contribution in [2.75, 3.05) is 24.2 Å². The SMILES string of the molecule is Cc1ccnc(N2CCC(S(C)(=O)=O)CC2)n1. The highest BCUT2D eigenvalue weighted by molar-refractivity contribution is 7.91. The minimum absolute atomic E-state index is 0.205. The summed E-state index contributed by atoms with van der Waals surface area (Å²) in [6.07, 6.45) is 4.38. The zero-order valence-corrected chi connectivity index (χ0v) is 10.9. The summed E-state index contributed by atoms with van der Waals surface area (Å²) < 4.78 is 22.9. The van der Waals surface area contributed by atoms with Crippen LogP contribution in [0.25, 0.3) is 0 Å². The summed E-state index contributed by atoms with van der Waals surface area (Å²) in [7, 11) is -2.91. The summed E-state index contributed by atoms with van der Waals surface area (Å²) in [5.41, 5.74) is 0.931. The molecule has 0 saturated carbocycles. The van der Waals surface area contributed by atoms with Gasteiger partial charge in [0, 0.05) is 31.2 Å². The molecule has 1 aromatic heterocycles. The van der Waals surface area contributed by atoms with Gasteiger partial charge in [-0.2, -0.15) is 0 Å². The van der Waals surface area contributed by atoms with Crippen LogP contribution < -0.4 is 4.90 Å². The summed E-state index contributed by atoms with van der Waals surface area (Å²) in [5.74, 6) is 0.706. The predicted molar refractivity (Wildman–Crippen MR) is 66.8 cm³/mol. The van der Waals surface area contributed by atoms with E-state index in [-0.39, 0.29) is 5.25 Å². The van der Waals surface area contributed by atoms with Crippen molar-refractivity contribution in [2.45, 2.75) is 25.0 Å². The molecule has 0 spiro atoms. The molecule has 5 nitrogen and oxygen atoms in total. The fourth-order valence-electron chi connectivity index (χ4n) is 2.07. The smallest absolute Gasteiger partial charge is 0.225 e. The van der Waals surface area contributed by atoms with Gasteiger partial charge in [-0.25, -0.2) is 18.4 Å². The van der Waals surface area contributed by atoms with Gasteiger partial charge in [-0.05, 0) is 25.8 Å². The number of hydrogen-bond donors (Lipinski definition) is 0. The molecule has 6 heteroatoms. The number of rotatable bonds is 2. The molecule has 94 valence electrons. The van der Waals surface area contributed by atoms with E-state index in [4.69, 9.17) is 0 Å². The third kappa shape index (κ3) is 2.94. The highest BCUT2D eigenvalue weighted by Gasteiger charge is 2.27. The lowest BCUT2D eigenvalue weighted by Crippen LogP contribution is -2.39. The minimum atomic E-state index is -2.91. The second-order valence-electron chi connectivity index (χ2n) is 4.51. The number of anilines is 1. The molecule has 0 aromatic carbocycles. The van der Waals surface area contributed by atoms with E-state index in [1.54, 1.807) is 6.20 Å². The monoisotopic (exact) mass is 255 g/mol. The third-order valence-electron chi connectivity index (χ3n) is 3.11. The lowest BCUT2D eigenvalue weighted by Gasteiger charge is -2.31. The van der Waals surface area contributed by atoms with Gasteiger partial charge in [0.05, 0.1) is 5.25 Å². The lowest BCUT2D eigenvalue weighted by atomic mass is 10.1. The Morgan fingerprint density at radius 3 is 2.53 bits per heavy atom. The van der Waals surface area contributed by atoms with Gasteiger partial charge in [0.1, 0.15) is 9.84 Å². The van der Waals surface area contributed by atoms with Crippen molar-refractivity contribution in [1.29, 1.82) is 0 Å². The summed E-state index contributed by atoms with van der Waals surface area (Å²) in [4.78, 5) is 10.6. The van der Waals surface area contributed by atoms with Gasteiger partial charge in [0.15, 0.2) is 0 Å². The molecule has 0 radical (unpaired) electrons. The van der Waals surface area contributed by atoms with E-state index in [9.17, 15) is 8.42 Å². The Bertz CT molecular complexity index is 493. The summed E-state index contributed by atoms with van der Waals surface area (Å²) in [5, 5.41) is -0.205. The molecule has 2 rings (SSSR count). The van der Waals surface area contributed by atoms with E-state index >= 15 is 0 Å². The van der Waals surface area contributed by atoms with Crippen LogP contribution in [0.15, 0.2) is 12.3 Å². The molecule has 1 fully saturated rings. The van der Waals surface area contributed by atoms with Crippen molar-refractivity contribution in [3.05, 3.63) is 18.0 Å². The van der Waals surface area contributed by atoms with Gasteiger partial charge in [0.25, 0.3) is 0 Å². The largest absolute Gasteiger partial charge is 0.341 e. The van der Waals surface area contributed by atoms with Crippen LogP contribution in [0, 0.1) is 6.92 Å². The molecule has 1 aliphatic heterocycles. The van der Waals surface area contributed by atoms with Crippen LogP contribution in [-0.4, -0.2) is 43.0 Å². The Labute approximate surface area is 102 Å². The topological polar surface area (TPSA) is 63.2 Å². The van der Waals surface area contributed by atoms with E-state index in [2.05, 4.69) is 14.9 Å². The minimum Gasteiger partial charge on any atom is -0.341 e. The zero-order chi connectivity index (χ0) is 12.5. The van der Waals surface area contributed by atoms with Gasteiger partial charge >= 0.3 is 0 Å². The predicted octanol–water partition coefficient (Wildman–Crippen LogP) is 0.798. The molecular formula is C11H17N3O2S. The quantitative estimate of drug-likeness (QED) is 0.782. The second-order valence-corrected chi connectivity index (χ2v) is 6.84. The van der Waals surface area contributed by atoms with E-state index < -0.39 is 9.84 Å². The van der Waals surface area contributed by atoms with E-state index in [1.807, 2.05) is 13.0 Å². The van der Waals surface area contributed by atoms with Crippen LogP contribution in [0.4, 0.5) is 5.95 Å². The molecule has 0 N–H and O–H groups in total. The standard InChI is InChI=1S/C11H17N3O2S/c1-9-3-6-12-11(13-9)14-7-4-10(5-8-14)17(2,15)16/h3,6,10H,4-5,7-8H2,1-2H3. The normalized spacial score (nSPS) is 18.4. The van der Waals surface area contributed by atoms with Crippen LogP contribution in [0.2, 0.25) is 0 Å². The summed E-state index contributed by atoms with van der Waals surface area (Å²) in [6, 6.07) is 1.85. The van der Waals surface area contributed by atoms with E-state index in [1.165, 1.54) is 6.26 Å². The first kappa shape index (κ1) is 12.3. The maximum atomic E-state index is 11.4. The number of piperidine rings is 1. The zero-order valence-electron chi connectivity index (χ0n) is 10.1. The van der Waals surface area contributed by atoms with Gasteiger partial charge in [-0.1, -0.05) is 0 Å². The maximum absolute atomic E-state index is 11.4. The Morgan fingerprint density at radius 1 is 1.35 bits per heavy atom. The van der Waals surface area contributed by atoms with Crippen molar-refractivity contribution >= 4 is 15.8 Å². The fourth-order valence-corrected chi connectivity index (χ4v) is 3.14. The maximum Gasteiger partial charge on any atom is 0.225 e. The lowest BCUT2D eigenvalue weighted by molar-refractivity contribution is 0.529. The molecule has 2 heterocycles. The van der Waals surface area contributed by atoms with Gasteiger partial charge in [0.2, 0.25) is 5.95 Å². The molecular weight excluding hydrogens is 238 g/mol.